The van der Waals surface area contributed by atoms with Crippen molar-refractivity contribution in [2.45, 2.75) is 6.10 Å². The first-order chi connectivity index (χ1) is 9.08. The van der Waals surface area contributed by atoms with E-state index in [-0.39, 0.29) is 12.6 Å². The van der Waals surface area contributed by atoms with Gasteiger partial charge in [-0.3, -0.25) is 4.68 Å². The Balaban J connectivity index is 1.84. The summed E-state index contributed by atoms with van der Waals surface area (Å²) in [6.07, 6.45) is 0.810. The largest absolute Gasteiger partial charge is 0.385 e. The molecule has 3 N–H and O–H groups in total. The minimum Gasteiger partial charge on any atom is -0.385 e. The quantitative estimate of drug-likeness (QED) is 0.794. The van der Waals surface area contributed by atoms with Gasteiger partial charge in [0.1, 0.15) is 6.10 Å². The van der Waals surface area contributed by atoms with Gasteiger partial charge in [0, 0.05) is 24.0 Å². The van der Waals surface area contributed by atoms with Crippen LogP contribution in [0.1, 0.15) is 11.8 Å². The summed E-state index contributed by atoms with van der Waals surface area (Å²) in [6, 6.07) is 1.35. The van der Waals surface area contributed by atoms with Crippen molar-refractivity contribution in [2.24, 2.45) is 7.05 Å². The van der Waals surface area contributed by atoms with Crippen molar-refractivity contribution in [1.82, 2.24) is 15.1 Å². The Bertz CT molecular complexity index is 569. The van der Waals surface area contributed by atoms with E-state index in [2.05, 4.69) is 31.7 Å². The van der Waals surface area contributed by atoms with Gasteiger partial charge in [-0.15, -0.1) is 11.3 Å². The topological polar surface area (TPSA) is 79.2 Å². The Morgan fingerprint density at radius 2 is 2.42 bits per heavy atom. The highest BCUT2D eigenvalue weighted by Crippen LogP contribution is 2.26. The second-order valence-electron chi connectivity index (χ2n) is 3.86. The van der Waals surface area contributed by atoms with E-state index in [1.807, 2.05) is 10.8 Å². The highest BCUT2D eigenvalue weighted by Gasteiger charge is 2.13. The summed E-state index contributed by atoms with van der Waals surface area (Å²) < 4.78 is 2.40. The van der Waals surface area contributed by atoms with Crippen LogP contribution >= 0.6 is 27.3 Å². The second kappa shape index (κ2) is 6.18. The molecule has 2 aromatic rings. The third-order valence-corrected chi connectivity index (χ3v) is 4.22. The Morgan fingerprint density at radius 1 is 1.63 bits per heavy atom. The third kappa shape index (κ3) is 3.55. The average Bonchev–Trinajstić information content (AvgIpc) is 2.96. The minimum atomic E-state index is -0.788. The van der Waals surface area contributed by atoms with E-state index < -0.39 is 6.10 Å². The first kappa shape index (κ1) is 14.0. The van der Waals surface area contributed by atoms with E-state index in [1.54, 1.807) is 24.0 Å². The van der Waals surface area contributed by atoms with E-state index >= 15 is 0 Å². The molecule has 0 radical (unpaired) electrons. The molecule has 2 rings (SSSR count). The number of aliphatic hydroxyl groups excluding tert-OH is 1. The number of urea groups is 1. The van der Waals surface area contributed by atoms with Crippen molar-refractivity contribution in [3.63, 3.8) is 0 Å². The molecule has 2 amide bonds. The van der Waals surface area contributed by atoms with E-state index in [4.69, 9.17) is 0 Å². The molecule has 0 fully saturated rings. The van der Waals surface area contributed by atoms with Gasteiger partial charge in [-0.2, -0.15) is 5.10 Å². The van der Waals surface area contributed by atoms with Crippen LogP contribution in [0.2, 0.25) is 0 Å². The van der Waals surface area contributed by atoms with Gasteiger partial charge in [0.2, 0.25) is 0 Å². The molecule has 0 saturated carbocycles. The van der Waals surface area contributed by atoms with E-state index in [0.717, 1.165) is 4.47 Å². The molecule has 2 aromatic heterocycles. The van der Waals surface area contributed by atoms with E-state index in [1.165, 1.54) is 11.3 Å². The molecular formula is C11H13BrN4O2S. The lowest BCUT2D eigenvalue weighted by molar-refractivity contribution is 0.166. The average molecular weight is 345 g/mol. The number of carbonyl (C=O) groups is 1. The zero-order valence-electron chi connectivity index (χ0n) is 10.1. The number of aryl methyl sites for hydroxylation is 1. The predicted octanol–water partition coefficient (Wildman–Crippen LogP) is 2.10. The van der Waals surface area contributed by atoms with Crippen LogP contribution in [0, 0.1) is 0 Å². The molecule has 1 atom stereocenters. The molecule has 1 unspecified atom stereocenters. The number of thiophene rings is 1. The van der Waals surface area contributed by atoms with Crippen molar-refractivity contribution in [1.29, 1.82) is 0 Å². The first-order valence-corrected chi connectivity index (χ1v) is 7.24. The fourth-order valence-electron chi connectivity index (χ4n) is 1.54. The van der Waals surface area contributed by atoms with Crippen LogP contribution in [0.15, 0.2) is 27.5 Å². The molecule has 0 aromatic carbocycles. The standard InChI is InChI=1S/C11H13BrN4O2S/c1-16-9(2-3-14-16)10(17)4-13-11(18)15-8-6-19-5-7(8)12/h2-3,5-6,10,17H,4H2,1H3,(H2,13,15,18). The molecule has 0 aliphatic heterocycles. The van der Waals surface area contributed by atoms with Crippen molar-refractivity contribution in [3.05, 3.63) is 33.2 Å². The normalized spacial score (nSPS) is 12.2. The number of hydrogen-bond acceptors (Lipinski definition) is 4. The van der Waals surface area contributed by atoms with Crippen LogP contribution in [-0.2, 0) is 7.05 Å². The van der Waals surface area contributed by atoms with E-state index in [9.17, 15) is 9.90 Å². The summed E-state index contributed by atoms with van der Waals surface area (Å²) in [5.41, 5.74) is 1.36. The summed E-state index contributed by atoms with van der Waals surface area (Å²) in [7, 11) is 1.74. The van der Waals surface area contributed by atoms with Gasteiger partial charge in [-0.1, -0.05) is 0 Å². The van der Waals surface area contributed by atoms with Gasteiger partial charge in [0.15, 0.2) is 0 Å². The first-order valence-electron chi connectivity index (χ1n) is 5.50. The van der Waals surface area contributed by atoms with Crippen molar-refractivity contribution in [3.8, 4) is 0 Å². The molecule has 19 heavy (non-hydrogen) atoms. The van der Waals surface area contributed by atoms with Crippen molar-refractivity contribution >= 4 is 39.0 Å². The zero-order chi connectivity index (χ0) is 13.8. The number of nitrogens with one attached hydrogen (secondary N) is 2. The molecule has 6 nitrogen and oxygen atoms in total. The Labute approximate surface area is 122 Å². The number of carbonyl (C=O) groups excluding carboxylic acids is 1. The summed E-state index contributed by atoms with van der Waals surface area (Å²) in [6.45, 7) is 0.118. The number of aromatic nitrogens is 2. The van der Waals surface area contributed by atoms with Crippen molar-refractivity contribution < 1.29 is 9.90 Å². The van der Waals surface area contributed by atoms with Crippen LogP contribution in [0.5, 0.6) is 0 Å². The minimum absolute atomic E-state index is 0.118. The predicted molar refractivity (Wildman–Crippen MR) is 77.2 cm³/mol. The Hall–Kier alpha value is -1.38. The lowest BCUT2D eigenvalue weighted by Crippen LogP contribution is -2.32. The molecular weight excluding hydrogens is 332 g/mol. The van der Waals surface area contributed by atoms with Crippen molar-refractivity contribution in [2.75, 3.05) is 11.9 Å². The van der Waals surface area contributed by atoms with Gasteiger partial charge < -0.3 is 15.7 Å². The number of amides is 2. The van der Waals surface area contributed by atoms with Gasteiger partial charge in [-0.25, -0.2) is 4.79 Å². The third-order valence-electron chi connectivity index (χ3n) is 2.52. The van der Waals surface area contributed by atoms with Crippen LogP contribution < -0.4 is 10.6 Å². The molecule has 0 aliphatic rings. The number of anilines is 1. The molecule has 0 saturated heterocycles. The van der Waals surface area contributed by atoms with Crippen LogP contribution in [-0.4, -0.2) is 27.5 Å². The molecule has 0 aliphatic carbocycles. The Morgan fingerprint density at radius 3 is 3.00 bits per heavy atom. The maximum Gasteiger partial charge on any atom is 0.319 e. The molecule has 2 heterocycles. The SMILES string of the molecule is Cn1nccc1C(O)CNC(=O)Nc1cscc1Br. The summed E-state index contributed by atoms with van der Waals surface area (Å²) >= 11 is 4.80. The van der Waals surface area contributed by atoms with Gasteiger partial charge in [0.05, 0.1) is 22.4 Å². The number of nitrogens with zero attached hydrogens (tertiary/aromatic N) is 2. The van der Waals surface area contributed by atoms with Crippen LogP contribution in [0.3, 0.4) is 0 Å². The maximum absolute atomic E-state index is 11.6. The number of rotatable bonds is 4. The fourth-order valence-corrected chi connectivity index (χ4v) is 2.87. The zero-order valence-corrected chi connectivity index (χ0v) is 12.5. The lowest BCUT2D eigenvalue weighted by Gasteiger charge is -2.12. The maximum atomic E-state index is 11.6. The van der Waals surface area contributed by atoms with Gasteiger partial charge in [-0.05, 0) is 22.0 Å². The van der Waals surface area contributed by atoms with Gasteiger partial charge in [0.25, 0.3) is 0 Å². The summed E-state index contributed by atoms with van der Waals surface area (Å²) in [5.74, 6) is 0. The highest BCUT2D eigenvalue weighted by molar-refractivity contribution is 9.10. The van der Waals surface area contributed by atoms with Crippen LogP contribution in [0.4, 0.5) is 10.5 Å². The number of hydrogen-bond donors (Lipinski definition) is 3. The highest BCUT2D eigenvalue weighted by atomic mass is 79.9. The van der Waals surface area contributed by atoms with Gasteiger partial charge >= 0.3 is 6.03 Å². The fraction of sp³-hybridized carbons (Fsp3) is 0.273. The number of aliphatic hydroxyl groups is 1. The lowest BCUT2D eigenvalue weighted by atomic mass is 10.2. The monoisotopic (exact) mass is 344 g/mol. The molecule has 102 valence electrons. The molecule has 0 spiro atoms. The Kier molecular flexibility index (Phi) is 4.56. The summed E-state index contributed by atoms with van der Waals surface area (Å²) in [4.78, 5) is 11.6. The van der Waals surface area contributed by atoms with E-state index in [0.29, 0.717) is 11.4 Å². The molecule has 0 bridgehead atoms. The second-order valence-corrected chi connectivity index (χ2v) is 5.46. The molecule has 8 heteroatoms. The number of halogens is 1. The van der Waals surface area contributed by atoms with Crippen LogP contribution in [0.25, 0.3) is 0 Å². The smallest absolute Gasteiger partial charge is 0.319 e. The summed E-state index contributed by atoms with van der Waals surface area (Å²) in [5, 5.41) is 22.9.